The molecule has 0 bridgehead atoms. The highest BCUT2D eigenvalue weighted by Gasteiger charge is 2.15. The third-order valence-electron chi connectivity index (χ3n) is 2.40. The molecule has 1 aromatic carbocycles. The second-order valence-electron chi connectivity index (χ2n) is 3.68. The first kappa shape index (κ1) is 13.4. The number of benzene rings is 1. The maximum Gasteiger partial charge on any atom is 0.141 e. The predicted molar refractivity (Wildman–Crippen MR) is 62.2 cm³/mol. The van der Waals surface area contributed by atoms with E-state index in [2.05, 4.69) is 0 Å². The number of hydrogen-bond acceptors (Lipinski definition) is 2. The summed E-state index contributed by atoms with van der Waals surface area (Å²) in [5.41, 5.74) is 0.797. The molecule has 0 aromatic heterocycles. The number of ether oxygens (including phenoxy) is 1. The number of rotatable bonds is 5. The third kappa shape index (κ3) is 3.74. The Balaban J connectivity index is 2.62. The summed E-state index contributed by atoms with van der Waals surface area (Å²) in [5, 5.41) is 9.88. The molecule has 0 aliphatic carbocycles. The molecule has 4 heteroatoms. The summed E-state index contributed by atoms with van der Waals surface area (Å²) < 4.78 is 18.2. The molecule has 1 N–H and O–H groups in total. The second-order valence-corrected chi connectivity index (χ2v) is 4.09. The summed E-state index contributed by atoms with van der Waals surface area (Å²) >= 11 is 5.65. The van der Waals surface area contributed by atoms with Gasteiger partial charge in [-0.15, -0.1) is 0 Å². The third-order valence-corrected chi connectivity index (χ3v) is 2.69. The van der Waals surface area contributed by atoms with Crippen LogP contribution in [0.15, 0.2) is 18.2 Å². The average molecular weight is 247 g/mol. The fraction of sp³-hybridized carbons (Fsp3) is 0.500. The van der Waals surface area contributed by atoms with Crippen LogP contribution in [0.4, 0.5) is 4.39 Å². The van der Waals surface area contributed by atoms with Gasteiger partial charge in [-0.3, -0.25) is 0 Å². The molecule has 2 nitrogen and oxygen atoms in total. The van der Waals surface area contributed by atoms with Crippen LogP contribution < -0.4 is 0 Å². The molecule has 1 rings (SSSR count). The predicted octanol–water partition coefficient (Wildman–Crippen LogP) is 2.81. The van der Waals surface area contributed by atoms with Crippen LogP contribution in [0.3, 0.4) is 0 Å². The van der Waals surface area contributed by atoms with Gasteiger partial charge in [-0.05, 0) is 31.5 Å². The van der Waals surface area contributed by atoms with Crippen molar-refractivity contribution >= 4 is 11.6 Å². The van der Waals surface area contributed by atoms with Crippen molar-refractivity contribution in [2.24, 2.45) is 0 Å². The average Bonchev–Trinajstić information content (AvgIpc) is 2.24. The van der Waals surface area contributed by atoms with E-state index in [9.17, 15) is 9.50 Å². The summed E-state index contributed by atoms with van der Waals surface area (Å²) in [5.74, 6) is -0.447. The lowest BCUT2D eigenvalue weighted by Gasteiger charge is -2.18. The van der Waals surface area contributed by atoms with Crippen LogP contribution in [-0.4, -0.2) is 23.9 Å². The van der Waals surface area contributed by atoms with E-state index in [-0.39, 0.29) is 11.1 Å². The summed E-state index contributed by atoms with van der Waals surface area (Å²) in [6.07, 6.45) is -0.448. The maximum absolute atomic E-state index is 12.9. The molecule has 1 aromatic rings. The van der Waals surface area contributed by atoms with E-state index in [1.807, 2.05) is 6.92 Å². The lowest BCUT2D eigenvalue weighted by atomic mass is 10.0. The van der Waals surface area contributed by atoms with Crippen molar-refractivity contribution in [2.75, 3.05) is 6.61 Å². The van der Waals surface area contributed by atoms with Gasteiger partial charge in [0.1, 0.15) is 5.82 Å². The molecule has 16 heavy (non-hydrogen) atoms. The smallest absolute Gasteiger partial charge is 0.141 e. The van der Waals surface area contributed by atoms with E-state index < -0.39 is 11.9 Å². The van der Waals surface area contributed by atoms with E-state index >= 15 is 0 Å². The number of aliphatic hydroxyl groups is 1. The normalized spacial score (nSPS) is 14.8. The first-order valence-electron chi connectivity index (χ1n) is 5.28. The summed E-state index contributed by atoms with van der Waals surface area (Å²) in [7, 11) is 0. The van der Waals surface area contributed by atoms with Gasteiger partial charge in [-0.25, -0.2) is 4.39 Å². The Labute approximate surface area is 100.0 Å². The van der Waals surface area contributed by atoms with Crippen molar-refractivity contribution in [3.63, 3.8) is 0 Å². The zero-order valence-electron chi connectivity index (χ0n) is 9.41. The molecule has 0 amide bonds. The van der Waals surface area contributed by atoms with Crippen molar-refractivity contribution in [2.45, 2.75) is 32.5 Å². The molecular weight excluding hydrogens is 231 g/mol. The van der Waals surface area contributed by atoms with Crippen LogP contribution in [0.1, 0.15) is 19.4 Å². The van der Waals surface area contributed by atoms with E-state index in [1.54, 1.807) is 13.0 Å². The Morgan fingerprint density at radius 3 is 2.75 bits per heavy atom. The zero-order chi connectivity index (χ0) is 12.1. The highest BCUT2D eigenvalue weighted by Crippen LogP contribution is 2.18. The zero-order valence-corrected chi connectivity index (χ0v) is 10.2. The van der Waals surface area contributed by atoms with E-state index in [0.717, 1.165) is 5.56 Å². The lowest BCUT2D eigenvalue weighted by Crippen LogP contribution is -2.28. The number of aliphatic hydroxyl groups excluding tert-OH is 1. The van der Waals surface area contributed by atoms with Gasteiger partial charge >= 0.3 is 0 Å². The number of halogens is 2. The SMILES string of the molecule is CCOC(C)C(O)Cc1ccc(F)c(Cl)c1. The van der Waals surface area contributed by atoms with E-state index in [1.165, 1.54) is 12.1 Å². The molecule has 90 valence electrons. The van der Waals surface area contributed by atoms with Gasteiger partial charge in [-0.2, -0.15) is 0 Å². The van der Waals surface area contributed by atoms with E-state index in [4.69, 9.17) is 16.3 Å². The Bertz CT molecular complexity index is 344. The number of hydrogen-bond donors (Lipinski definition) is 1. The van der Waals surface area contributed by atoms with Gasteiger partial charge in [0, 0.05) is 13.0 Å². The van der Waals surface area contributed by atoms with Gasteiger partial charge in [0.15, 0.2) is 0 Å². The first-order chi connectivity index (χ1) is 7.54. The van der Waals surface area contributed by atoms with Crippen molar-refractivity contribution in [1.29, 1.82) is 0 Å². The van der Waals surface area contributed by atoms with Crippen LogP contribution in [0.5, 0.6) is 0 Å². The molecule has 0 saturated heterocycles. The fourth-order valence-corrected chi connectivity index (χ4v) is 1.65. The Hall–Kier alpha value is -0.640. The van der Waals surface area contributed by atoms with Crippen LogP contribution in [-0.2, 0) is 11.2 Å². The van der Waals surface area contributed by atoms with Crippen LogP contribution in [0, 0.1) is 5.82 Å². The monoisotopic (exact) mass is 246 g/mol. The molecule has 0 aliphatic heterocycles. The highest BCUT2D eigenvalue weighted by molar-refractivity contribution is 6.30. The van der Waals surface area contributed by atoms with Gasteiger partial charge in [-0.1, -0.05) is 17.7 Å². The Morgan fingerprint density at radius 1 is 1.50 bits per heavy atom. The Morgan fingerprint density at radius 2 is 2.19 bits per heavy atom. The van der Waals surface area contributed by atoms with Gasteiger partial charge in [0.2, 0.25) is 0 Å². The standard InChI is InChI=1S/C12H16ClFO2/c1-3-16-8(2)12(15)7-9-4-5-11(14)10(13)6-9/h4-6,8,12,15H,3,7H2,1-2H3. The molecule has 0 aliphatic rings. The van der Waals surface area contributed by atoms with Gasteiger partial charge in [0.05, 0.1) is 17.2 Å². The summed E-state index contributed by atoms with van der Waals surface area (Å²) in [4.78, 5) is 0. The molecule has 0 spiro atoms. The lowest BCUT2D eigenvalue weighted by molar-refractivity contribution is -0.0208. The van der Waals surface area contributed by atoms with Crippen molar-refractivity contribution in [3.8, 4) is 0 Å². The summed E-state index contributed by atoms with van der Waals surface area (Å²) in [6.45, 7) is 4.24. The largest absolute Gasteiger partial charge is 0.390 e. The molecule has 2 unspecified atom stereocenters. The second kappa shape index (κ2) is 6.18. The summed E-state index contributed by atoms with van der Waals surface area (Å²) in [6, 6.07) is 4.44. The molecule has 0 fully saturated rings. The highest BCUT2D eigenvalue weighted by atomic mass is 35.5. The van der Waals surface area contributed by atoms with Gasteiger partial charge < -0.3 is 9.84 Å². The molecule has 0 heterocycles. The van der Waals surface area contributed by atoms with Gasteiger partial charge in [0.25, 0.3) is 0 Å². The van der Waals surface area contributed by atoms with Crippen molar-refractivity contribution < 1.29 is 14.2 Å². The minimum absolute atomic E-state index is 0.0776. The van der Waals surface area contributed by atoms with Crippen molar-refractivity contribution in [3.05, 3.63) is 34.6 Å². The van der Waals surface area contributed by atoms with Crippen LogP contribution in [0.25, 0.3) is 0 Å². The minimum Gasteiger partial charge on any atom is -0.390 e. The first-order valence-corrected chi connectivity index (χ1v) is 5.66. The van der Waals surface area contributed by atoms with Crippen molar-refractivity contribution in [1.82, 2.24) is 0 Å². The van der Waals surface area contributed by atoms with E-state index in [0.29, 0.717) is 13.0 Å². The topological polar surface area (TPSA) is 29.5 Å². The van der Waals surface area contributed by atoms with Crippen LogP contribution in [0.2, 0.25) is 5.02 Å². The Kier molecular flexibility index (Phi) is 5.19. The molecule has 0 radical (unpaired) electrons. The molecule has 2 atom stereocenters. The fourth-order valence-electron chi connectivity index (χ4n) is 1.45. The maximum atomic E-state index is 12.9. The minimum atomic E-state index is -0.610. The van der Waals surface area contributed by atoms with Crippen LogP contribution >= 0.6 is 11.6 Å². The molecule has 0 saturated carbocycles. The quantitative estimate of drug-likeness (QED) is 0.866. The molecular formula is C12H16ClFO2.